The standard InChI is InChI=1S/C50H59N7O6S/c1-8-56-39-19-18-31-22-34(39)35(44(56)33-16-12-20-51-42(33)29(4)61-7)24-50(5,6)27-63-49(60)36-17-13-21-57(55-36)48(59)43(45(62-9-2)47-53-38(31)26-64-47)54-46(58)41-28(3)40(41)37-23-30-14-10-11-15-32(30)25-52-37/h10-12,14-16,18-20,22-23,25,28-29,36,38,40-41,43,45,55H,8-9,13,17,21,24,26-27H2,1-7H3,(H,54,58)/t28-,29+,36+,38?,40-,41+,43+,45+/m1/s1. The molecule has 6 bridgehead atoms. The van der Waals surface area contributed by atoms with Crippen molar-refractivity contribution in [3.05, 3.63) is 95.6 Å². The first-order valence-corrected chi connectivity index (χ1v) is 23.7. The highest BCUT2D eigenvalue weighted by atomic mass is 32.2. The molecule has 1 saturated carbocycles. The van der Waals surface area contributed by atoms with Gasteiger partial charge in [-0.1, -0.05) is 51.1 Å². The number of cyclic esters (lactones) is 1. The lowest BCUT2D eigenvalue weighted by Gasteiger charge is -2.37. The summed E-state index contributed by atoms with van der Waals surface area (Å²) >= 11 is 1.56. The van der Waals surface area contributed by atoms with Gasteiger partial charge in [-0.05, 0) is 92.8 Å². The number of nitrogens with one attached hydrogen (secondary N) is 2. The number of thioether (sulfide) groups is 1. The van der Waals surface area contributed by atoms with Crippen molar-refractivity contribution in [2.75, 3.05) is 32.6 Å². The number of ether oxygens (including phenoxy) is 3. The predicted octanol–water partition coefficient (Wildman–Crippen LogP) is 7.73. The smallest absolute Gasteiger partial charge is 0.324 e. The third-order valence-electron chi connectivity index (χ3n) is 13.5. The number of aryl methyl sites for hydroxylation is 1. The first-order valence-electron chi connectivity index (χ1n) is 22.8. The molecule has 1 aliphatic carbocycles. The fraction of sp³-hybridized carbons (Fsp3) is 0.480. The monoisotopic (exact) mass is 885 g/mol. The Morgan fingerprint density at radius 3 is 2.67 bits per heavy atom. The van der Waals surface area contributed by atoms with Crippen LogP contribution in [-0.4, -0.2) is 93.2 Å². The molecule has 3 aromatic heterocycles. The molecule has 336 valence electrons. The molecule has 3 aliphatic heterocycles. The van der Waals surface area contributed by atoms with E-state index in [0.29, 0.717) is 36.6 Å². The van der Waals surface area contributed by atoms with Crippen LogP contribution in [0.4, 0.5) is 0 Å². The largest absolute Gasteiger partial charge is 0.464 e. The number of benzene rings is 2. The van der Waals surface area contributed by atoms with Crippen molar-refractivity contribution in [1.82, 2.24) is 30.3 Å². The Hall–Kier alpha value is -5.15. The van der Waals surface area contributed by atoms with Crippen LogP contribution in [0.3, 0.4) is 0 Å². The van der Waals surface area contributed by atoms with Gasteiger partial charge in [0.25, 0.3) is 5.91 Å². The molecule has 1 unspecified atom stereocenters. The normalized spacial score (nSPS) is 26.3. The zero-order chi connectivity index (χ0) is 44.9. The van der Waals surface area contributed by atoms with Crippen molar-refractivity contribution in [2.24, 2.45) is 22.2 Å². The Balaban J connectivity index is 1.12. The fourth-order valence-electron chi connectivity index (χ4n) is 10.0. The van der Waals surface area contributed by atoms with Gasteiger partial charge in [0.15, 0.2) is 0 Å². The molecule has 5 aromatic rings. The van der Waals surface area contributed by atoms with Crippen LogP contribution in [0, 0.1) is 17.3 Å². The van der Waals surface area contributed by atoms with Crippen molar-refractivity contribution < 1.29 is 28.6 Å². The van der Waals surface area contributed by atoms with E-state index in [0.717, 1.165) is 62.0 Å². The average Bonchev–Trinajstić information content (AvgIpc) is 3.59. The minimum Gasteiger partial charge on any atom is -0.464 e. The Labute approximate surface area is 379 Å². The number of hydrazine groups is 1. The highest BCUT2D eigenvalue weighted by molar-refractivity contribution is 8.14. The van der Waals surface area contributed by atoms with Crippen LogP contribution in [0.15, 0.2) is 78.0 Å². The number of amides is 2. The quantitative estimate of drug-likeness (QED) is 0.141. The summed E-state index contributed by atoms with van der Waals surface area (Å²) in [5, 5.41) is 8.51. The van der Waals surface area contributed by atoms with Gasteiger partial charge in [-0.2, -0.15) is 0 Å². The first-order chi connectivity index (χ1) is 30.9. The molecule has 14 heteroatoms. The summed E-state index contributed by atoms with van der Waals surface area (Å²) in [6.45, 7) is 13.9. The summed E-state index contributed by atoms with van der Waals surface area (Å²) in [7, 11) is 1.70. The van der Waals surface area contributed by atoms with Gasteiger partial charge in [-0.25, -0.2) is 5.43 Å². The molecule has 0 radical (unpaired) electrons. The topological polar surface area (TPSA) is 149 Å². The Bertz CT molecular complexity index is 2630. The molecule has 2 amide bonds. The van der Waals surface area contributed by atoms with E-state index in [1.54, 1.807) is 18.9 Å². The van der Waals surface area contributed by atoms with E-state index in [-0.39, 0.29) is 54.9 Å². The second kappa shape index (κ2) is 18.0. The van der Waals surface area contributed by atoms with Crippen molar-refractivity contribution in [1.29, 1.82) is 0 Å². The van der Waals surface area contributed by atoms with Crippen LogP contribution in [0.2, 0.25) is 0 Å². The van der Waals surface area contributed by atoms with Gasteiger partial charge >= 0.3 is 5.97 Å². The lowest BCUT2D eigenvalue weighted by atomic mass is 9.84. The van der Waals surface area contributed by atoms with Gasteiger partial charge < -0.3 is 24.1 Å². The molecule has 13 nitrogen and oxygen atoms in total. The van der Waals surface area contributed by atoms with Crippen LogP contribution in [0.25, 0.3) is 32.9 Å². The van der Waals surface area contributed by atoms with Gasteiger partial charge in [0.1, 0.15) is 23.2 Å². The zero-order valence-electron chi connectivity index (χ0n) is 37.8. The number of methoxy groups -OCH3 is 1. The number of nitrogens with zero attached hydrogens (tertiary/aromatic N) is 5. The second-order valence-electron chi connectivity index (χ2n) is 18.4. The summed E-state index contributed by atoms with van der Waals surface area (Å²) in [5.74, 6) is -0.872. The first kappa shape index (κ1) is 44.1. The maximum Gasteiger partial charge on any atom is 0.324 e. The number of rotatable bonds is 9. The molecule has 2 fully saturated rings. The molecular formula is C50H59N7O6S. The van der Waals surface area contributed by atoms with E-state index in [1.807, 2.05) is 50.5 Å². The molecular weight excluding hydrogens is 827 g/mol. The Morgan fingerprint density at radius 2 is 1.89 bits per heavy atom. The van der Waals surface area contributed by atoms with Gasteiger partial charge in [-0.15, -0.1) is 11.8 Å². The number of hydrogen-bond donors (Lipinski definition) is 2. The number of esters is 1. The van der Waals surface area contributed by atoms with E-state index in [9.17, 15) is 14.4 Å². The van der Waals surface area contributed by atoms with Gasteiger partial charge in [0.05, 0.1) is 30.1 Å². The van der Waals surface area contributed by atoms with E-state index in [2.05, 4.69) is 79.4 Å². The van der Waals surface area contributed by atoms with E-state index >= 15 is 0 Å². The lowest BCUT2D eigenvalue weighted by molar-refractivity contribution is -0.156. The molecule has 2 N–H and O–H groups in total. The van der Waals surface area contributed by atoms with E-state index < -0.39 is 29.6 Å². The predicted molar refractivity (Wildman–Crippen MR) is 250 cm³/mol. The molecule has 8 atom stereocenters. The van der Waals surface area contributed by atoms with Crippen molar-refractivity contribution in [2.45, 2.75) is 104 Å². The van der Waals surface area contributed by atoms with Gasteiger partial charge in [0.2, 0.25) is 5.91 Å². The minimum atomic E-state index is -1.12. The Morgan fingerprint density at radius 1 is 1.08 bits per heavy atom. The number of hydrogen-bond acceptors (Lipinski definition) is 11. The second-order valence-corrected chi connectivity index (χ2v) is 19.5. The highest BCUT2D eigenvalue weighted by Gasteiger charge is 2.55. The number of aliphatic imine (C=N–C) groups is 1. The maximum atomic E-state index is 14.9. The average molecular weight is 886 g/mol. The number of carbonyl (C=O) groups excluding carboxylic acids is 3. The lowest BCUT2D eigenvalue weighted by Crippen LogP contribution is -2.63. The van der Waals surface area contributed by atoms with Crippen LogP contribution >= 0.6 is 11.8 Å². The minimum absolute atomic E-state index is 0.0172. The number of fused-ring (bicyclic) bond motifs is 6. The molecule has 6 heterocycles. The van der Waals surface area contributed by atoms with Gasteiger partial charge in [-0.3, -0.25) is 34.4 Å². The van der Waals surface area contributed by atoms with Crippen LogP contribution in [-0.2, 0) is 41.6 Å². The zero-order valence-corrected chi connectivity index (χ0v) is 38.6. The van der Waals surface area contributed by atoms with Crippen LogP contribution in [0.1, 0.15) is 95.0 Å². The molecule has 64 heavy (non-hydrogen) atoms. The molecule has 1 saturated heterocycles. The Kier molecular flexibility index (Phi) is 12.4. The molecule has 4 aliphatic rings. The summed E-state index contributed by atoms with van der Waals surface area (Å²) in [6, 6.07) is 18.7. The van der Waals surface area contributed by atoms with E-state index in [4.69, 9.17) is 29.2 Å². The summed E-state index contributed by atoms with van der Waals surface area (Å²) < 4.78 is 20.8. The maximum absolute atomic E-state index is 14.9. The number of pyridine rings is 2. The fourth-order valence-corrected chi connectivity index (χ4v) is 11.2. The van der Waals surface area contributed by atoms with Crippen molar-refractivity contribution in [3.8, 4) is 11.3 Å². The molecule has 0 spiro atoms. The number of carbonyl (C=O) groups is 3. The summed E-state index contributed by atoms with van der Waals surface area (Å²) in [5.41, 5.74) is 9.78. The molecule has 9 rings (SSSR count). The number of aromatic nitrogens is 3. The SMILES string of the molecule is CCO[C@@H]1C2=NC(CS2)c2ccc3c(c2)c(c(-c2cccnc2[C@H](C)OC)n3CC)CC(C)(C)COC(=O)[C@@H]2CCCN(N2)C(=O)[C@H]1NC(=O)[C@H]1[C@H](C)[C@@H]1c1cc2ccccc2cn1. The van der Waals surface area contributed by atoms with Gasteiger partial charge in [0, 0.05) is 89.8 Å². The highest BCUT2D eigenvalue weighted by Crippen LogP contribution is 2.53. The third kappa shape index (κ3) is 8.34. The molecule has 2 aromatic carbocycles. The van der Waals surface area contributed by atoms with Crippen LogP contribution < -0.4 is 10.7 Å². The summed E-state index contributed by atoms with van der Waals surface area (Å²) in [4.78, 5) is 58.3. The summed E-state index contributed by atoms with van der Waals surface area (Å²) in [6.07, 6.45) is 4.24. The van der Waals surface area contributed by atoms with Crippen LogP contribution in [0.5, 0.6) is 0 Å². The van der Waals surface area contributed by atoms with Crippen molar-refractivity contribution >= 4 is 56.3 Å². The van der Waals surface area contributed by atoms with Crippen molar-refractivity contribution in [3.63, 3.8) is 0 Å². The van der Waals surface area contributed by atoms with E-state index in [1.165, 1.54) is 5.01 Å². The third-order valence-corrected chi connectivity index (χ3v) is 14.6.